The number of hydrogen-bond donors (Lipinski definition) is 2. The van der Waals surface area contributed by atoms with Crippen LogP contribution >= 0.6 is 0 Å². The summed E-state index contributed by atoms with van der Waals surface area (Å²) in [7, 11) is 0. The van der Waals surface area contributed by atoms with Crippen LogP contribution in [0, 0.1) is 12.8 Å². The predicted octanol–water partition coefficient (Wildman–Crippen LogP) is 5.23. The maximum atomic E-state index is 12.2. The minimum Gasteiger partial charge on any atom is -0.444 e. The molecule has 0 aromatic heterocycles. The Kier molecular flexibility index (Phi) is 7.77. The topological polar surface area (TPSA) is 67.6 Å². The van der Waals surface area contributed by atoms with Gasteiger partial charge >= 0.3 is 6.09 Å². The molecule has 1 heterocycles. The summed E-state index contributed by atoms with van der Waals surface area (Å²) in [4.78, 5) is 14.0. The number of nitrogens with two attached hydrogens (primary N) is 1. The number of carbonyl (C=O) groups is 1. The molecular weight excluding hydrogens is 362 g/mol. The quantitative estimate of drug-likeness (QED) is 0.665. The van der Waals surface area contributed by atoms with E-state index in [9.17, 15) is 4.79 Å². The van der Waals surface area contributed by atoms with E-state index in [1.807, 2.05) is 20.8 Å². The maximum Gasteiger partial charge on any atom is 0.410 e. The summed E-state index contributed by atoms with van der Waals surface area (Å²) < 4.78 is 5.47. The molecule has 1 aromatic rings. The number of amides is 1. The lowest BCUT2D eigenvalue weighted by Gasteiger charge is -2.34. The van der Waals surface area contributed by atoms with E-state index in [0.29, 0.717) is 19.0 Å². The highest BCUT2D eigenvalue weighted by Gasteiger charge is 2.28. The number of aryl methyl sites for hydroxylation is 1. The van der Waals surface area contributed by atoms with Crippen molar-refractivity contribution in [3.8, 4) is 0 Å². The van der Waals surface area contributed by atoms with Gasteiger partial charge in [-0.3, -0.25) is 0 Å². The summed E-state index contributed by atoms with van der Waals surface area (Å²) in [5, 5.41) is 3.46. The second-order valence-corrected chi connectivity index (χ2v) is 9.09. The van der Waals surface area contributed by atoms with E-state index in [0.717, 1.165) is 36.3 Å². The molecule has 2 rings (SSSR count). The fourth-order valence-electron chi connectivity index (χ4n) is 3.52. The molecule has 0 saturated carbocycles. The highest BCUT2D eigenvalue weighted by atomic mass is 16.6. The summed E-state index contributed by atoms with van der Waals surface area (Å²) in [6.07, 6.45) is 3.68. The first kappa shape index (κ1) is 22.9. The number of nitrogens with one attached hydrogen (secondary N) is 1. The van der Waals surface area contributed by atoms with Gasteiger partial charge in [-0.15, -0.1) is 0 Å². The van der Waals surface area contributed by atoms with E-state index in [1.165, 1.54) is 11.1 Å². The van der Waals surface area contributed by atoms with Crippen molar-refractivity contribution in [2.45, 2.75) is 60.0 Å². The second kappa shape index (κ2) is 9.86. The first-order chi connectivity index (χ1) is 13.5. The van der Waals surface area contributed by atoms with Crippen molar-refractivity contribution in [1.82, 2.24) is 4.90 Å². The molecule has 0 atom stereocenters. The first-order valence-electron chi connectivity index (χ1n) is 10.5. The average Bonchev–Trinajstić information content (AvgIpc) is 2.64. The first-order valence-corrected chi connectivity index (χ1v) is 10.5. The molecule has 1 aliphatic heterocycles. The summed E-state index contributed by atoms with van der Waals surface area (Å²) >= 11 is 0. The molecule has 5 heteroatoms. The maximum absolute atomic E-state index is 12.2. The fraction of sp³-hybridized carbons (Fsp3) is 0.542. The third-order valence-corrected chi connectivity index (χ3v) is 5.09. The number of rotatable bonds is 5. The van der Waals surface area contributed by atoms with Crippen LogP contribution < -0.4 is 11.1 Å². The van der Waals surface area contributed by atoms with Gasteiger partial charge in [0.15, 0.2) is 0 Å². The Morgan fingerprint density at radius 1 is 1.28 bits per heavy atom. The van der Waals surface area contributed by atoms with Gasteiger partial charge in [0.25, 0.3) is 0 Å². The van der Waals surface area contributed by atoms with E-state index in [4.69, 9.17) is 10.5 Å². The number of allylic oxidation sites excluding steroid dienone is 3. The number of carbonyl (C=O) groups excluding carboxylic acids is 1. The van der Waals surface area contributed by atoms with E-state index >= 15 is 0 Å². The van der Waals surface area contributed by atoms with Gasteiger partial charge in [-0.1, -0.05) is 23.8 Å². The highest BCUT2D eigenvalue weighted by molar-refractivity contribution is 5.68. The average molecular weight is 400 g/mol. The number of piperidine rings is 1. The molecule has 1 saturated heterocycles. The van der Waals surface area contributed by atoms with Gasteiger partial charge in [-0.2, -0.15) is 0 Å². The number of hydrogen-bond acceptors (Lipinski definition) is 4. The Bertz CT molecular complexity index is 767. The summed E-state index contributed by atoms with van der Waals surface area (Å²) in [5.41, 5.74) is 11.7. The Balaban J connectivity index is 1.90. The third kappa shape index (κ3) is 7.48. The number of anilines is 1. The summed E-state index contributed by atoms with van der Waals surface area (Å²) in [6.45, 7) is 14.1. The van der Waals surface area contributed by atoms with E-state index < -0.39 is 5.60 Å². The SMILES string of the molecule is CC(/C=C(\C)CNc1cccc(C)c1)=C(/N)C1CCN(C(=O)OC(C)(C)C)CC1. The molecule has 1 fully saturated rings. The zero-order chi connectivity index (χ0) is 21.6. The number of likely N-dealkylation sites (tertiary alicyclic amines) is 1. The van der Waals surface area contributed by atoms with Crippen LogP contribution in [0.5, 0.6) is 0 Å². The third-order valence-electron chi connectivity index (χ3n) is 5.09. The second-order valence-electron chi connectivity index (χ2n) is 9.09. The zero-order valence-corrected chi connectivity index (χ0v) is 18.8. The fourth-order valence-corrected chi connectivity index (χ4v) is 3.52. The van der Waals surface area contributed by atoms with Gasteiger partial charge in [0.05, 0.1) is 0 Å². The Labute approximate surface area is 176 Å². The van der Waals surface area contributed by atoms with Crippen LogP contribution in [0.25, 0.3) is 0 Å². The summed E-state index contributed by atoms with van der Waals surface area (Å²) in [5.74, 6) is 0.308. The molecule has 5 nitrogen and oxygen atoms in total. The van der Waals surface area contributed by atoms with Gasteiger partial charge in [0, 0.05) is 36.9 Å². The highest BCUT2D eigenvalue weighted by Crippen LogP contribution is 2.25. The number of benzene rings is 1. The van der Waals surface area contributed by atoms with Crippen LogP contribution in [0.15, 0.2) is 47.2 Å². The van der Waals surface area contributed by atoms with Crippen molar-refractivity contribution in [2.75, 3.05) is 25.0 Å². The van der Waals surface area contributed by atoms with Gasteiger partial charge in [-0.25, -0.2) is 4.79 Å². The monoisotopic (exact) mass is 399 g/mol. The Hall–Kier alpha value is -2.43. The Morgan fingerprint density at radius 2 is 1.93 bits per heavy atom. The van der Waals surface area contributed by atoms with Crippen molar-refractivity contribution >= 4 is 11.8 Å². The van der Waals surface area contributed by atoms with Crippen molar-refractivity contribution < 1.29 is 9.53 Å². The molecule has 3 N–H and O–H groups in total. The van der Waals surface area contributed by atoms with Gasteiger partial charge in [-0.05, 0) is 77.7 Å². The van der Waals surface area contributed by atoms with Gasteiger partial charge in [0.2, 0.25) is 0 Å². The van der Waals surface area contributed by atoms with Crippen LogP contribution in [-0.2, 0) is 4.74 Å². The van der Waals surface area contributed by atoms with Gasteiger partial charge in [0.1, 0.15) is 5.60 Å². The zero-order valence-electron chi connectivity index (χ0n) is 18.8. The lowest BCUT2D eigenvalue weighted by Crippen LogP contribution is -2.42. The molecular formula is C24H37N3O2. The molecule has 1 aromatic carbocycles. The molecule has 1 aliphatic rings. The molecule has 0 aliphatic carbocycles. The smallest absolute Gasteiger partial charge is 0.410 e. The van der Waals surface area contributed by atoms with Crippen molar-refractivity contribution in [3.63, 3.8) is 0 Å². The number of ether oxygens (including phenoxy) is 1. The van der Waals surface area contributed by atoms with Crippen molar-refractivity contribution in [1.29, 1.82) is 0 Å². The molecule has 0 bridgehead atoms. The molecule has 0 unspecified atom stereocenters. The van der Waals surface area contributed by atoms with Crippen LogP contribution in [-0.4, -0.2) is 36.2 Å². The van der Waals surface area contributed by atoms with E-state index in [2.05, 4.69) is 56.4 Å². The normalized spacial score (nSPS) is 17.0. The van der Waals surface area contributed by atoms with Gasteiger partial charge < -0.3 is 20.7 Å². The Morgan fingerprint density at radius 3 is 2.52 bits per heavy atom. The number of nitrogens with zero attached hydrogens (tertiary/aromatic N) is 1. The minimum atomic E-state index is -0.460. The predicted molar refractivity (Wildman–Crippen MR) is 121 cm³/mol. The molecule has 29 heavy (non-hydrogen) atoms. The molecule has 0 radical (unpaired) electrons. The van der Waals surface area contributed by atoms with Crippen LogP contribution in [0.4, 0.5) is 10.5 Å². The van der Waals surface area contributed by atoms with E-state index in [-0.39, 0.29) is 6.09 Å². The van der Waals surface area contributed by atoms with Crippen LogP contribution in [0.3, 0.4) is 0 Å². The van der Waals surface area contributed by atoms with Crippen LogP contribution in [0.2, 0.25) is 0 Å². The minimum absolute atomic E-state index is 0.229. The molecule has 1 amide bonds. The van der Waals surface area contributed by atoms with Crippen molar-refractivity contribution in [3.05, 3.63) is 52.7 Å². The molecule has 160 valence electrons. The standard InChI is InChI=1S/C24H37N3O2/c1-17-8-7-9-21(15-17)26-16-18(2)14-19(3)22(25)20-10-12-27(13-11-20)23(28)29-24(4,5)6/h7-9,14-15,20,26H,10-13,16,25H2,1-6H3/b18-14+,22-19-. The largest absolute Gasteiger partial charge is 0.444 e. The summed E-state index contributed by atoms with van der Waals surface area (Å²) in [6, 6.07) is 8.37. The lowest BCUT2D eigenvalue weighted by molar-refractivity contribution is 0.0194. The van der Waals surface area contributed by atoms with Crippen LogP contribution in [0.1, 0.15) is 53.0 Å². The lowest BCUT2D eigenvalue weighted by atomic mass is 9.91. The van der Waals surface area contributed by atoms with Crippen molar-refractivity contribution in [2.24, 2.45) is 11.7 Å². The van der Waals surface area contributed by atoms with E-state index in [1.54, 1.807) is 4.90 Å². The molecule has 0 spiro atoms.